The van der Waals surface area contributed by atoms with E-state index >= 15 is 0 Å². The molecule has 1 aliphatic carbocycles. The minimum atomic E-state index is -4.49. The second-order valence-corrected chi connectivity index (χ2v) is 9.16. The number of hydrogen-bond acceptors (Lipinski definition) is 4. The first-order valence-electron chi connectivity index (χ1n) is 10.2. The number of fused-ring (bicyclic) bond motifs is 1. The van der Waals surface area contributed by atoms with Crippen LogP contribution in [0.2, 0.25) is 0 Å². The highest BCUT2D eigenvalue weighted by atomic mass is 32.1. The van der Waals surface area contributed by atoms with Gasteiger partial charge in [0.25, 0.3) is 5.91 Å². The highest BCUT2D eigenvalue weighted by molar-refractivity contribution is 7.05. The van der Waals surface area contributed by atoms with E-state index in [1.165, 1.54) is 35.0 Å². The van der Waals surface area contributed by atoms with Crippen molar-refractivity contribution in [2.45, 2.75) is 44.8 Å². The van der Waals surface area contributed by atoms with Crippen LogP contribution >= 0.6 is 11.5 Å². The fourth-order valence-corrected chi connectivity index (χ4v) is 5.16. The predicted molar refractivity (Wildman–Crippen MR) is 112 cm³/mol. The smallest absolute Gasteiger partial charge is 0.304 e. The Balaban J connectivity index is 1.52. The van der Waals surface area contributed by atoms with Crippen LogP contribution in [-0.2, 0) is 12.7 Å². The van der Waals surface area contributed by atoms with E-state index in [0.29, 0.717) is 11.6 Å². The van der Waals surface area contributed by atoms with Gasteiger partial charge in [0.15, 0.2) is 0 Å². The number of carbonyl (C=O) groups is 1. The first-order valence-corrected chi connectivity index (χ1v) is 11.0. The molecule has 2 aromatic carbocycles. The molecule has 1 fully saturated rings. The lowest BCUT2D eigenvalue weighted by molar-refractivity contribution is -0.138. The van der Waals surface area contributed by atoms with Crippen LogP contribution in [0.25, 0.3) is 0 Å². The Morgan fingerprint density at radius 3 is 2.58 bits per heavy atom. The van der Waals surface area contributed by atoms with Gasteiger partial charge in [-0.25, -0.2) is 0 Å². The summed E-state index contributed by atoms with van der Waals surface area (Å²) in [7, 11) is 0. The van der Waals surface area contributed by atoms with Crippen molar-refractivity contribution >= 4 is 23.1 Å². The molecule has 5 rings (SSSR count). The zero-order valence-electron chi connectivity index (χ0n) is 16.8. The van der Waals surface area contributed by atoms with Gasteiger partial charge in [-0.3, -0.25) is 4.79 Å². The van der Waals surface area contributed by atoms with Gasteiger partial charge in [0.05, 0.1) is 17.8 Å². The first kappa shape index (κ1) is 20.2. The monoisotopic (exact) mass is 443 g/mol. The molecule has 1 amide bonds. The van der Waals surface area contributed by atoms with Gasteiger partial charge in [-0.2, -0.15) is 13.2 Å². The number of halogens is 3. The number of anilines is 1. The second kappa shape index (κ2) is 7.44. The zero-order valence-corrected chi connectivity index (χ0v) is 17.6. The molecule has 1 saturated carbocycles. The molecule has 0 spiro atoms. The number of aromatic nitrogens is 2. The van der Waals surface area contributed by atoms with Crippen molar-refractivity contribution in [2.75, 3.05) is 4.90 Å². The van der Waals surface area contributed by atoms with E-state index in [4.69, 9.17) is 0 Å². The number of nitrogens with zero attached hydrogens (tertiary/aromatic N) is 3. The van der Waals surface area contributed by atoms with Gasteiger partial charge in [-0.1, -0.05) is 29.1 Å². The van der Waals surface area contributed by atoms with Crippen molar-refractivity contribution in [1.29, 1.82) is 0 Å². The van der Waals surface area contributed by atoms with E-state index in [1.54, 1.807) is 6.07 Å². The largest absolute Gasteiger partial charge is 0.416 e. The Bertz CT molecular complexity index is 1150. The summed E-state index contributed by atoms with van der Waals surface area (Å²) in [5, 5.41) is 4.37. The molecule has 0 N–H and O–H groups in total. The van der Waals surface area contributed by atoms with E-state index in [2.05, 4.69) is 9.59 Å². The van der Waals surface area contributed by atoms with Crippen molar-refractivity contribution in [1.82, 2.24) is 9.59 Å². The van der Waals surface area contributed by atoms with E-state index in [9.17, 15) is 18.0 Å². The van der Waals surface area contributed by atoms with Gasteiger partial charge in [0.1, 0.15) is 0 Å². The Kier molecular flexibility index (Phi) is 4.84. The first-order chi connectivity index (χ1) is 14.8. The van der Waals surface area contributed by atoms with Crippen molar-refractivity contribution in [3.63, 3.8) is 0 Å². The van der Waals surface area contributed by atoms with E-state index in [-0.39, 0.29) is 23.6 Å². The molecule has 1 aliphatic heterocycles. The molecule has 0 bridgehead atoms. The van der Waals surface area contributed by atoms with E-state index in [1.807, 2.05) is 25.1 Å². The van der Waals surface area contributed by atoms with Gasteiger partial charge in [0.2, 0.25) is 0 Å². The molecule has 0 radical (unpaired) electrons. The van der Waals surface area contributed by atoms with Gasteiger partial charge in [0, 0.05) is 22.0 Å². The molecule has 2 heterocycles. The summed E-state index contributed by atoms with van der Waals surface area (Å²) in [4.78, 5) is 15.5. The molecule has 2 aliphatic rings. The molecular weight excluding hydrogens is 423 g/mol. The van der Waals surface area contributed by atoms with Gasteiger partial charge < -0.3 is 4.90 Å². The molecule has 160 valence electrons. The number of benzene rings is 2. The lowest BCUT2D eigenvalue weighted by atomic mass is 9.71. The van der Waals surface area contributed by atoms with E-state index in [0.717, 1.165) is 35.0 Å². The Morgan fingerprint density at radius 1 is 1.16 bits per heavy atom. The lowest BCUT2D eigenvalue weighted by Gasteiger charge is -2.34. The summed E-state index contributed by atoms with van der Waals surface area (Å²) in [6.45, 7) is 1.92. The zero-order chi connectivity index (χ0) is 21.8. The molecule has 1 aromatic heterocycles. The minimum Gasteiger partial charge on any atom is -0.304 e. The van der Waals surface area contributed by atoms with Gasteiger partial charge >= 0.3 is 6.18 Å². The number of amides is 1. The summed E-state index contributed by atoms with van der Waals surface area (Å²) in [5.41, 5.74) is 2.02. The quantitative estimate of drug-likeness (QED) is 0.500. The molecular formula is C23H20F3N3OS. The maximum atomic E-state index is 13.5. The molecule has 0 saturated heterocycles. The highest BCUT2D eigenvalue weighted by Crippen LogP contribution is 2.45. The lowest BCUT2D eigenvalue weighted by Crippen LogP contribution is -2.25. The summed E-state index contributed by atoms with van der Waals surface area (Å²) < 4.78 is 44.5. The van der Waals surface area contributed by atoms with Crippen LogP contribution in [0.4, 0.5) is 18.9 Å². The average molecular weight is 443 g/mol. The SMILES string of the molecule is Cc1snnc1[C@@H](c1cccc(N2Cc3c(cccc3C(F)(F)F)C2=O)c1)C1CCC1. The maximum Gasteiger partial charge on any atom is 0.416 e. The minimum absolute atomic E-state index is 0.0421. The van der Waals surface area contributed by atoms with Crippen LogP contribution in [-0.4, -0.2) is 15.5 Å². The summed E-state index contributed by atoms with van der Waals surface area (Å²) in [6.07, 6.45) is -1.10. The van der Waals surface area contributed by atoms with Gasteiger partial charge in [-0.15, -0.1) is 5.10 Å². The third-order valence-corrected chi connectivity index (χ3v) is 7.06. The molecule has 31 heavy (non-hydrogen) atoms. The Labute approximate surface area is 181 Å². The molecule has 8 heteroatoms. The van der Waals surface area contributed by atoms with Crippen LogP contribution in [0.3, 0.4) is 0 Å². The Morgan fingerprint density at radius 2 is 1.94 bits per heavy atom. The molecule has 3 aromatic rings. The Hall–Kier alpha value is -2.74. The van der Waals surface area contributed by atoms with Crippen molar-refractivity contribution < 1.29 is 18.0 Å². The third-order valence-electron chi connectivity index (χ3n) is 6.42. The standard InChI is InChI=1S/C23H20F3N3OS/c1-13-21(27-28-31-13)20(14-5-2-6-14)15-7-3-8-16(11-15)29-12-18-17(22(29)30)9-4-10-19(18)23(24,25)26/h3-4,7-11,14,20H,2,5-6,12H2,1H3/t20-/m1/s1. The highest BCUT2D eigenvalue weighted by Gasteiger charge is 2.40. The fraction of sp³-hybridized carbons (Fsp3) is 0.348. The molecule has 0 unspecified atom stereocenters. The van der Waals surface area contributed by atoms with Crippen LogP contribution in [0, 0.1) is 12.8 Å². The number of hydrogen-bond donors (Lipinski definition) is 0. The number of rotatable bonds is 4. The number of aryl methyl sites for hydroxylation is 1. The average Bonchev–Trinajstić information content (AvgIpc) is 3.27. The summed E-state index contributed by atoms with van der Waals surface area (Å²) in [6, 6.07) is 11.4. The van der Waals surface area contributed by atoms with Crippen LogP contribution in [0.5, 0.6) is 0 Å². The van der Waals surface area contributed by atoms with E-state index < -0.39 is 17.6 Å². The number of alkyl halides is 3. The number of carbonyl (C=O) groups excluding carboxylic acids is 1. The molecule has 4 nitrogen and oxygen atoms in total. The van der Waals surface area contributed by atoms with Gasteiger partial charge in [-0.05, 0) is 72.6 Å². The van der Waals surface area contributed by atoms with Crippen LogP contribution < -0.4 is 4.90 Å². The second-order valence-electron chi connectivity index (χ2n) is 8.20. The third kappa shape index (κ3) is 3.43. The van der Waals surface area contributed by atoms with Crippen LogP contribution in [0.1, 0.15) is 62.8 Å². The normalized spacial score (nSPS) is 17.5. The van der Waals surface area contributed by atoms with Crippen LogP contribution in [0.15, 0.2) is 42.5 Å². The topological polar surface area (TPSA) is 46.1 Å². The fourth-order valence-electron chi connectivity index (χ4n) is 4.64. The summed E-state index contributed by atoms with van der Waals surface area (Å²) >= 11 is 1.37. The van der Waals surface area contributed by atoms with Crippen molar-refractivity contribution in [2.24, 2.45) is 5.92 Å². The predicted octanol–water partition coefficient (Wildman–Crippen LogP) is 5.96. The summed E-state index contributed by atoms with van der Waals surface area (Å²) in [5.74, 6) is 0.143. The maximum absolute atomic E-state index is 13.5. The van der Waals surface area contributed by atoms with Crippen molar-refractivity contribution in [3.8, 4) is 0 Å². The molecule has 1 atom stereocenters. The van der Waals surface area contributed by atoms with Crippen molar-refractivity contribution in [3.05, 3.63) is 75.3 Å².